The van der Waals surface area contributed by atoms with E-state index in [1.165, 1.54) is 0 Å². The van der Waals surface area contributed by atoms with Gasteiger partial charge in [0.05, 0.1) is 25.6 Å². The van der Waals surface area contributed by atoms with E-state index in [2.05, 4.69) is 25.9 Å². The smallest absolute Gasteiger partial charge is 0.162 e. The Hall–Kier alpha value is -0.650. The van der Waals surface area contributed by atoms with Crippen LogP contribution in [0.5, 0.6) is 0 Å². The molecule has 2 aromatic rings. The molecule has 1 aliphatic heterocycles. The molecular formula is C10H9BrClN3O. The number of hydrogen-bond donors (Lipinski definition) is 0. The van der Waals surface area contributed by atoms with Crippen molar-refractivity contribution in [1.82, 2.24) is 14.5 Å². The van der Waals surface area contributed by atoms with Gasteiger partial charge in [-0.15, -0.1) is 0 Å². The second-order valence-electron chi connectivity index (χ2n) is 3.75. The standard InChI is InChI=1S/C10H9BrClN3O/c11-2-6-1-8(12)14-10-9(6)13-5-15(10)7-3-16-4-7/h1,5,7H,2-4H2. The molecule has 0 bridgehead atoms. The highest BCUT2D eigenvalue weighted by atomic mass is 79.9. The van der Waals surface area contributed by atoms with Crippen LogP contribution in [0.3, 0.4) is 0 Å². The van der Waals surface area contributed by atoms with Gasteiger partial charge in [0.2, 0.25) is 0 Å². The van der Waals surface area contributed by atoms with E-state index < -0.39 is 0 Å². The van der Waals surface area contributed by atoms with E-state index >= 15 is 0 Å². The molecule has 0 aromatic carbocycles. The fraction of sp³-hybridized carbons (Fsp3) is 0.400. The molecule has 84 valence electrons. The van der Waals surface area contributed by atoms with Gasteiger partial charge in [-0.25, -0.2) is 9.97 Å². The zero-order valence-corrected chi connectivity index (χ0v) is 10.7. The van der Waals surface area contributed by atoms with E-state index in [4.69, 9.17) is 16.3 Å². The first kappa shape index (κ1) is 10.5. The first-order chi connectivity index (χ1) is 7.79. The van der Waals surface area contributed by atoms with Crippen LogP contribution in [0, 0.1) is 0 Å². The van der Waals surface area contributed by atoms with Crippen LogP contribution >= 0.6 is 27.5 Å². The lowest BCUT2D eigenvalue weighted by molar-refractivity contribution is -0.0218. The molecule has 1 fully saturated rings. The van der Waals surface area contributed by atoms with Crippen LogP contribution in [-0.4, -0.2) is 27.7 Å². The average Bonchev–Trinajstić information content (AvgIpc) is 2.58. The summed E-state index contributed by atoms with van der Waals surface area (Å²) in [6.45, 7) is 1.45. The Balaban J connectivity index is 2.20. The number of ether oxygens (including phenoxy) is 1. The molecule has 1 aliphatic rings. The van der Waals surface area contributed by atoms with E-state index in [1.54, 1.807) is 0 Å². The minimum absolute atomic E-state index is 0.346. The van der Waals surface area contributed by atoms with E-state index in [-0.39, 0.29) is 0 Å². The van der Waals surface area contributed by atoms with Gasteiger partial charge in [0.25, 0.3) is 0 Å². The van der Waals surface area contributed by atoms with Crippen molar-refractivity contribution in [3.63, 3.8) is 0 Å². The van der Waals surface area contributed by atoms with Crippen molar-refractivity contribution in [3.8, 4) is 0 Å². The van der Waals surface area contributed by atoms with Gasteiger partial charge in [0.1, 0.15) is 10.7 Å². The number of pyridine rings is 1. The zero-order chi connectivity index (χ0) is 11.1. The molecule has 0 radical (unpaired) electrons. The van der Waals surface area contributed by atoms with Gasteiger partial charge in [-0.3, -0.25) is 0 Å². The van der Waals surface area contributed by atoms with Gasteiger partial charge >= 0.3 is 0 Å². The van der Waals surface area contributed by atoms with Crippen molar-refractivity contribution in [2.45, 2.75) is 11.4 Å². The number of fused-ring (bicyclic) bond motifs is 1. The van der Waals surface area contributed by atoms with Gasteiger partial charge < -0.3 is 9.30 Å². The molecule has 2 aromatic heterocycles. The van der Waals surface area contributed by atoms with Crippen LogP contribution in [0.4, 0.5) is 0 Å². The largest absolute Gasteiger partial charge is 0.377 e. The molecule has 0 atom stereocenters. The molecule has 0 aliphatic carbocycles. The van der Waals surface area contributed by atoms with Crippen molar-refractivity contribution in [3.05, 3.63) is 23.1 Å². The highest BCUT2D eigenvalue weighted by Crippen LogP contribution is 2.26. The SMILES string of the molecule is Clc1cc(CBr)c2ncn(C3COC3)c2n1. The Morgan fingerprint density at radius 1 is 1.56 bits per heavy atom. The minimum atomic E-state index is 0.346. The predicted molar refractivity (Wildman–Crippen MR) is 65.0 cm³/mol. The zero-order valence-electron chi connectivity index (χ0n) is 8.36. The molecule has 0 amide bonds. The molecule has 1 saturated heterocycles. The number of hydrogen-bond acceptors (Lipinski definition) is 3. The van der Waals surface area contributed by atoms with E-state index in [0.29, 0.717) is 11.2 Å². The van der Waals surface area contributed by atoms with Crippen molar-refractivity contribution < 1.29 is 4.74 Å². The summed E-state index contributed by atoms with van der Waals surface area (Å²) >= 11 is 9.42. The van der Waals surface area contributed by atoms with E-state index in [1.807, 2.05) is 17.0 Å². The molecule has 0 spiro atoms. The lowest BCUT2D eigenvalue weighted by atomic mass is 10.2. The first-order valence-corrected chi connectivity index (χ1v) is 6.45. The average molecular weight is 303 g/mol. The van der Waals surface area contributed by atoms with Crippen molar-refractivity contribution in [2.75, 3.05) is 13.2 Å². The molecule has 6 heteroatoms. The maximum Gasteiger partial charge on any atom is 0.162 e. The number of imidazole rings is 1. The summed E-state index contributed by atoms with van der Waals surface area (Å²) in [5.74, 6) is 0. The van der Waals surface area contributed by atoms with Crippen LogP contribution in [0.25, 0.3) is 11.2 Å². The maximum absolute atomic E-state index is 5.99. The topological polar surface area (TPSA) is 39.9 Å². The van der Waals surface area contributed by atoms with Crippen LogP contribution in [0.2, 0.25) is 5.15 Å². The normalized spacial score (nSPS) is 16.6. The highest BCUT2D eigenvalue weighted by molar-refractivity contribution is 9.08. The first-order valence-electron chi connectivity index (χ1n) is 4.95. The number of alkyl halides is 1. The number of rotatable bonds is 2. The summed E-state index contributed by atoms with van der Waals surface area (Å²) < 4.78 is 7.21. The summed E-state index contributed by atoms with van der Waals surface area (Å²) in [4.78, 5) is 8.73. The molecule has 4 nitrogen and oxygen atoms in total. The maximum atomic E-state index is 5.99. The highest BCUT2D eigenvalue weighted by Gasteiger charge is 2.23. The molecular weight excluding hydrogens is 293 g/mol. The fourth-order valence-corrected chi connectivity index (χ4v) is 2.43. The van der Waals surface area contributed by atoms with Gasteiger partial charge in [0.15, 0.2) is 5.65 Å². The molecule has 0 unspecified atom stereocenters. The number of nitrogens with zero attached hydrogens (tertiary/aromatic N) is 3. The molecule has 3 rings (SSSR count). The lowest BCUT2D eigenvalue weighted by Crippen LogP contribution is -2.30. The molecule has 0 N–H and O–H groups in total. The van der Waals surface area contributed by atoms with Gasteiger partial charge in [0, 0.05) is 5.33 Å². The van der Waals surface area contributed by atoms with Gasteiger partial charge in [-0.1, -0.05) is 27.5 Å². The van der Waals surface area contributed by atoms with Crippen molar-refractivity contribution in [1.29, 1.82) is 0 Å². The van der Waals surface area contributed by atoms with E-state index in [0.717, 1.165) is 35.3 Å². The minimum Gasteiger partial charge on any atom is -0.377 e. The fourth-order valence-electron chi connectivity index (χ4n) is 1.79. The summed E-state index contributed by atoms with van der Waals surface area (Å²) in [5, 5.41) is 1.23. The summed E-state index contributed by atoms with van der Waals surface area (Å²) in [5.41, 5.74) is 2.82. The Labute approximate surface area is 106 Å². The third-order valence-corrected chi connectivity index (χ3v) is 3.53. The number of halogens is 2. The van der Waals surface area contributed by atoms with Crippen molar-refractivity contribution in [2.24, 2.45) is 0 Å². The Morgan fingerprint density at radius 3 is 3.00 bits per heavy atom. The van der Waals surface area contributed by atoms with E-state index in [9.17, 15) is 0 Å². The van der Waals surface area contributed by atoms with Gasteiger partial charge in [-0.05, 0) is 11.6 Å². The summed E-state index contributed by atoms with van der Waals surface area (Å²) in [7, 11) is 0. The third kappa shape index (κ3) is 1.54. The molecule has 16 heavy (non-hydrogen) atoms. The second-order valence-corrected chi connectivity index (χ2v) is 4.70. The quantitative estimate of drug-likeness (QED) is 0.632. The monoisotopic (exact) mass is 301 g/mol. The Morgan fingerprint density at radius 2 is 2.38 bits per heavy atom. The molecule has 0 saturated carbocycles. The predicted octanol–water partition coefficient (Wildman–Crippen LogP) is 2.55. The van der Waals surface area contributed by atoms with Crippen LogP contribution in [-0.2, 0) is 10.1 Å². The van der Waals surface area contributed by atoms with Crippen LogP contribution in [0.1, 0.15) is 11.6 Å². The summed E-state index contributed by atoms with van der Waals surface area (Å²) in [6.07, 6.45) is 1.81. The Kier molecular flexibility index (Phi) is 2.61. The summed E-state index contributed by atoms with van der Waals surface area (Å²) in [6, 6.07) is 2.19. The van der Waals surface area contributed by atoms with Crippen LogP contribution in [0.15, 0.2) is 12.4 Å². The lowest BCUT2D eigenvalue weighted by Gasteiger charge is -2.27. The Bertz CT molecular complexity index is 538. The van der Waals surface area contributed by atoms with Crippen molar-refractivity contribution >= 4 is 38.7 Å². The van der Waals surface area contributed by atoms with Crippen LogP contribution < -0.4 is 0 Å². The second kappa shape index (κ2) is 3.98. The molecule has 3 heterocycles. The number of aromatic nitrogens is 3. The third-order valence-electron chi connectivity index (χ3n) is 2.74. The van der Waals surface area contributed by atoms with Gasteiger partial charge in [-0.2, -0.15) is 0 Å².